The third-order valence-corrected chi connectivity index (χ3v) is 8.92. The van der Waals surface area contributed by atoms with Gasteiger partial charge in [0.05, 0.1) is 35.9 Å². The van der Waals surface area contributed by atoms with Crippen molar-refractivity contribution in [3.63, 3.8) is 0 Å². The van der Waals surface area contributed by atoms with Crippen molar-refractivity contribution in [1.82, 2.24) is 30.2 Å². The molecule has 2 aliphatic heterocycles. The molecule has 3 unspecified atom stereocenters. The maximum Gasteiger partial charge on any atom is 0.410 e. The molecule has 3 atom stereocenters. The van der Waals surface area contributed by atoms with Crippen molar-refractivity contribution in [3.8, 4) is 33.6 Å². The van der Waals surface area contributed by atoms with E-state index in [2.05, 4.69) is 25.3 Å². The Kier molecular flexibility index (Phi) is 7.85. The van der Waals surface area contributed by atoms with Crippen LogP contribution >= 0.6 is 11.8 Å². The molecule has 0 aliphatic carbocycles. The average Bonchev–Trinajstić information content (AvgIpc) is 3.78. The van der Waals surface area contributed by atoms with E-state index in [-0.39, 0.29) is 24.0 Å². The molecule has 0 saturated carbocycles. The first-order valence-electron chi connectivity index (χ1n) is 14.4. The zero-order valence-electron chi connectivity index (χ0n) is 24.4. The second-order valence-electron chi connectivity index (χ2n) is 12.0. The van der Waals surface area contributed by atoms with E-state index in [0.29, 0.717) is 34.4 Å². The fourth-order valence-electron chi connectivity index (χ4n) is 5.73. The average molecular weight is 589 g/mol. The zero-order valence-corrected chi connectivity index (χ0v) is 25.2. The number of nitrogens with one attached hydrogen (secondary N) is 3. The van der Waals surface area contributed by atoms with Crippen molar-refractivity contribution in [1.29, 1.82) is 0 Å². The van der Waals surface area contributed by atoms with E-state index >= 15 is 4.39 Å². The van der Waals surface area contributed by atoms with Crippen LogP contribution < -0.4 is 5.32 Å². The number of hydrogen-bond donors (Lipinski definition) is 3. The van der Waals surface area contributed by atoms with Gasteiger partial charge in [0.15, 0.2) is 0 Å². The van der Waals surface area contributed by atoms with Gasteiger partial charge < -0.3 is 20.0 Å². The third-order valence-electron chi connectivity index (χ3n) is 7.91. The fourth-order valence-corrected chi connectivity index (χ4v) is 6.41. The maximum atomic E-state index is 15.4. The molecule has 2 fully saturated rings. The third kappa shape index (κ3) is 5.96. The lowest BCUT2D eigenvalue weighted by molar-refractivity contribution is 0.0219. The summed E-state index contributed by atoms with van der Waals surface area (Å²) in [7, 11) is 0. The van der Waals surface area contributed by atoms with Gasteiger partial charge in [-0.2, -0.15) is 11.8 Å². The quantitative estimate of drug-likeness (QED) is 0.222. The van der Waals surface area contributed by atoms with Crippen LogP contribution in [-0.2, 0) is 4.74 Å². The molecule has 42 heavy (non-hydrogen) atoms. The Labute approximate surface area is 249 Å². The molecule has 220 valence electrons. The van der Waals surface area contributed by atoms with Gasteiger partial charge in [0.2, 0.25) is 0 Å². The molecule has 1 amide bonds. The SMILES string of the molecule is CSC1CC(c2ncc(-c3ccc(-c4ccc(-c5cnc(C6CCCN6)[nH]5)cc4)c(F)c3)[nH]2)N(C(=O)OC(C)(C)C)C1. The second kappa shape index (κ2) is 11.6. The van der Waals surface area contributed by atoms with Crippen LogP contribution in [0.1, 0.15) is 63.8 Å². The van der Waals surface area contributed by atoms with Crippen LogP contribution in [0, 0.1) is 5.82 Å². The molecular weight excluding hydrogens is 551 g/mol. The highest BCUT2D eigenvalue weighted by Gasteiger charge is 2.39. The lowest BCUT2D eigenvalue weighted by atomic mass is 10.0. The Balaban J connectivity index is 1.18. The topological polar surface area (TPSA) is 98.9 Å². The number of thioether (sulfide) groups is 1. The largest absolute Gasteiger partial charge is 0.444 e. The molecule has 0 spiro atoms. The molecule has 3 N–H and O–H groups in total. The van der Waals surface area contributed by atoms with Crippen LogP contribution in [0.4, 0.5) is 9.18 Å². The molecule has 10 heteroatoms. The number of H-pyrrole nitrogens is 2. The van der Waals surface area contributed by atoms with Crippen molar-refractivity contribution >= 4 is 17.9 Å². The molecule has 2 saturated heterocycles. The van der Waals surface area contributed by atoms with Crippen LogP contribution in [0.25, 0.3) is 33.6 Å². The Morgan fingerprint density at radius 3 is 2.33 bits per heavy atom. The van der Waals surface area contributed by atoms with E-state index in [0.717, 1.165) is 48.5 Å². The summed E-state index contributed by atoms with van der Waals surface area (Å²) >= 11 is 1.73. The second-order valence-corrected chi connectivity index (χ2v) is 13.2. The number of carbonyl (C=O) groups is 1. The minimum Gasteiger partial charge on any atom is -0.444 e. The Morgan fingerprint density at radius 2 is 1.67 bits per heavy atom. The number of aromatic amines is 2. The highest BCUT2D eigenvalue weighted by atomic mass is 32.2. The van der Waals surface area contributed by atoms with Gasteiger partial charge in [-0.1, -0.05) is 36.4 Å². The van der Waals surface area contributed by atoms with E-state index in [1.54, 1.807) is 28.9 Å². The van der Waals surface area contributed by atoms with Gasteiger partial charge in [-0.15, -0.1) is 0 Å². The summed E-state index contributed by atoms with van der Waals surface area (Å²) in [5.41, 5.74) is 4.10. The highest BCUT2D eigenvalue weighted by molar-refractivity contribution is 7.99. The maximum absolute atomic E-state index is 15.4. The van der Waals surface area contributed by atoms with E-state index < -0.39 is 5.60 Å². The number of halogens is 1. The number of rotatable bonds is 6. The zero-order chi connectivity index (χ0) is 29.4. The number of ether oxygens (including phenoxy) is 1. The molecule has 0 bridgehead atoms. The van der Waals surface area contributed by atoms with Crippen molar-refractivity contribution < 1.29 is 13.9 Å². The number of nitrogens with zero attached hydrogens (tertiary/aromatic N) is 3. The number of carbonyl (C=O) groups excluding carboxylic acids is 1. The summed E-state index contributed by atoms with van der Waals surface area (Å²) in [6.45, 7) is 7.21. The Hall–Kier alpha value is -3.63. The number of amides is 1. The van der Waals surface area contributed by atoms with Crippen molar-refractivity contribution in [2.75, 3.05) is 19.3 Å². The first-order valence-corrected chi connectivity index (χ1v) is 15.7. The van der Waals surface area contributed by atoms with Gasteiger partial charge >= 0.3 is 6.09 Å². The van der Waals surface area contributed by atoms with Gasteiger partial charge in [-0.05, 0) is 70.0 Å². The predicted molar refractivity (Wildman–Crippen MR) is 165 cm³/mol. The lowest BCUT2D eigenvalue weighted by Gasteiger charge is -2.27. The standard InChI is InChI=1S/C32H37FN6O2S/c1-32(2,3)41-31(40)39-18-22(42-4)15-28(39)30-36-17-27(38-30)21-11-12-23(24(33)14-21)19-7-9-20(10-8-19)26-16-35-29(37-26)25-6-5-13-34-25/h7-12,14,16-17,22,25,28,34H,5-6,13,15,18H2,1-4H3,(H,35,37)(H,36,38). The first kappa shape index (κ1) is 28.5. The normalized spacial score (nSPS) is 20.8. The van der Waals surface area contributed by atoms with E-state index in [1.165, 1.54) is 6.07 Å². The summed E-state index contributed by atoms with van der Waals surface area (Å²) in [5, 5.41) is 3.75. The van der Waals surface area contributed by atoms with Crippen LogP contribution in [-0.4, -0.2) is 61.1 Å². The number of benzene rings is 2. The number of aromatic nitrogens is 4. The number of imidazole rings is 2. The van der Waals surface area contributed by atoms with Crippen molar-refractivity contribution in [3.05, 3.63) is 72.3 Å². The van der Waals surface area contributed by atoms with Crippen molar-refractivity contribution in [2.45, 2.75) is 63.0 Å². The molecular formula is C32H37FN6O2S. The van der Waals surface area contributed by atoms with Gasteiger partial charge in [-0.25, -0.2) is 19.2 Å². The van der Waals surface area contributed by atoms with Gasteiger partial charge in [0.1, 0.15) is 23.1 Å². The molecule has 8 nitrogen and oxygen atoms in total. The van der Waals surface area contributed by atoms with Crippen LogP contribution in [0.15, 0.2) is 54.9 Å². The molecule has 2 aliphatic rings. The summed E-state index contributed by atoms with van der Waals surface area (Å²) in [6.07, 6.45) is 8.29. The molecule has 4 aromatic rings. The van der Waals surface area contributed by atoms with Crippen LogP contribution in [0.2, 0.25) is 0 Å². The fraction of sp³-hybridized carbons (Fsp3) is 0.406. The van der Waals surface area contributed by atoms with E-state index in [9.17, 15) is 4.79 Å². The molecule has 6 rings (SSSR count). The predicted octanol–water partition coefficient (Wildman–Crippen LogP) is 7.11. The Morgan fingerprint density at radius 1 is 1.00 bits per heavy atom. The van der Waals surface area contributed by atoms with Gasteiger partial charge in [-0.3, -0.25) is 4.90 Å². The minimum absolute atomic E-state index is 0.228. The van der Waals surface area contributed by atoms with Crippen molar-refractivity contribution in [2.24, 2.45) is 0 Å². The van der Waals surface area contributed by atoms with Crippen LogP contribution in [0.3, 0.4) is 0 Å². The molecule has 4 heterocycles. The number of hydrogen-bond acceptors (Lipinski definition) is 6. The first-order chi connectivity index (χ1) is 20.2. The van der Waals surface area contributed by atoms with Gasteiger partial charge in [0, 0.05) is 22.9 Å². The monoisotopic (exact) mass is 588 g/mol. The summed E-state index contributed by atoms with van der Waals surface area (Å²) in [6, 6.07) is 13.1. The summed E-state index contributed by atoms with van der Waals surface area (Å²) in [5.74, 6) is 1.33. The van der Waals surface area contributed by atoms with E-state index in [4.69, 9.17) is 4.74 Å². The Bertz CT molecular complexity index is 1550. The highest BCUT2D eigenvalue weighted by Crippen LogP contribution is 2.37. The number of likely N-dealkylation sites (tertiary alicyclic amines) is 1. The lowest BCUT2D eigenvalue weighted by Crippen LogP contribution is -2.37. The van der Waals surface area contributed by atoms with Crippen LogP contribution in [0.5, 0.6) is 0 Å². The van der Waals surface area contributed by atoms with Gasteiger partial charge in [0.25, 0.3) is 0 Å². The minimum atomic E-state index is -0.581. The molecule has 2 aromatic carbocycles. The smallest absolute Gasteiger partial charge is 0.410 e. The summed E-state index contributed by atoms with van der Waals surface area (Å²) < 4.78 is 21.1. The molecule has 0 radical (unpaired) electrons. The molecule has 2 aromatic heterocycles. The summed E-state index contributed by atoms with van der Waals surface area (Å²) in [4.78, 5) is 30.6. The van der Waals surface area contributed by atoms with E-state index in [1.807, 2.05) is 63.6 Å².